The van der Waals surface area contributed by atoms with E-state index in [4.69, 9.17) is 0 Å². The number of rotatable bonds is 6. The molecule has 0 atom stereocenters. The molecule has 0 aromatic carbocycles. The first-order valence-electron chi connectivity index (χ1n) is 6.53. The van der Waals surface area contributed by atoms with Crippen LogP contribution in [0.1, 0.15) is 39.0 Å². The van der Waals surface area contributed by atoms with Gasteiger partial charge in [-0.05, 0) is 29.8 Å². The van der Waals surface area contributed by atoms with E-state index in [2.05, 4.69) is 27.8 Å². The number of nitrogens with one attached hydrogen (secondary N) is 1. The molecule has 96 valence electrons. The zero-order valence-corrected chi connectivity index (χ0v) is 11.2. The van der Waals surface area contributed by atoms with Crippen LogP contribution < -0.4 is 5.32 Å². The molecule has 0 amide bonds. The Labute approximate surface area is 107 Å². The standard InChI is InChI=1S/C11H21N5S/c1-2-12-8-9-16-11(13-14-15-16)17-10-6-4-3-5-7-10/h10,12H,2-9H2,1H3. The predicted molar refractivity (Wildman–Crippen MR) is 69.1 cm³/mol. The molecule has 0 bridgehead atoms. The highest BCUT2D eigenvalue weighted by molar-refractivity contribution is 7.99. The first-order valence-corrected chi connectivity index (χ1v) is 7.41. The van der Waals surface area contributed by atoms with Gasteiger partial charge in [0.05, 0.1) is 6.54 Å². The van der Waals surface area contributed by atoms with Crippen molar-refractivity contribution in [2.45, 2.75) is 56.0 Å². The lowest BCUT2D eigenvalue weighted by molar-refractivity contribution is 0.503. The van der Waals surface area contributed by atoms with Crippen LogP contribution in [0.2, 0.25) is 0 Å². The molecular weight excluding hydrogens is 234 g/mol. The van der Waals surface area contributed by atoms with Crippen LogP contribution in [0.3, 0.4) is 0 Å². The molecule has 0 spiro atoms. The van der Waals surface area contributed by atoms with Gasteiger partial charge in [-0.1, -0.05) is 37.9 Å². The van der Waals surface area contributed by atoms with E-state index in [1.165, 1.54) is 32.1 Å². The van der Waals surface area contributed by atoms with E-state index in [0.29, 0.717) is 5.25 Å². The van der Waals surface area contributed by atoms with Gasteiger partial charge in [0.25, 0.3) is 0 Å². The Morgan fingerprint density at radius 1 is 1.35 bits per heavy atom. The summed E-state index contributed by atoms with van der Waals surface area (Å²) in [6.07, 6.45) is 6.73. The molecule has 1 N–H and O–H groups in total. The molecule has 1 saturated carbocycles. The highest BCUT2D eigenvalue weighted by atomic mass is 32.2. The number of thioether (sulfide) groups is 1. The summed E-state index contributed by atoms with van der Waals surface area (Å²) in [6.45, 7) is 4.89. The average Bonchev–Trinajstić information content (AvgIpc) is 2.79. The maximum Gasteiger partial charge on any atom is 0.209 e. The van der Waals surface area contributed by atoms with Gasteiger partial charge in [-0.15, -0.1) is 5.10 Å². The molecule has 5 nitrogen and oxygen atoms in total. The number of likely N-dealkylation sites (N-methyl/N-ethyl adjacent to an activating group) is 1. The van der Waals surface area contributed by atoms with Crippen LogP contribution in [-0.2, 0) is 6.54 Å². The van der Waals surface area contributed by atoms with E-state index in [1.807, 2.05) is 16.4 Å². The van der Waals surface area contributed by atoms with E-state index < -0.39 is 0 Å². The molecule has 0 aliphatic heterocycles. The molecule has 2 rings (SSSR count). The fourth-order valence-electron chi connectivity index (χ4n) is 2.11. The molecule has 1 aromatic rings. The van der Waals surface area contributed by atoms with E-state index in [0.717, 1.165) is 24.8 Å². The molecule has 6 heteroatoms. The lowest BCUT2D eigenvalue weighted by Crippen LogP contribution is -2.20. The maximum atomic E-state index is 4.13. The van der Waals surface area contributed by atoms with Crippen LogP contribution in [0.15, 0.2) is 5.16 Å². The lowest BCUT2D eigenvalue weighted by atomic mass is 10.0. The topological polar surface area (TPSA) is 55.6 Å². The van der Waals surface area contributed by atoms with Crippen molar-refractivity contribution in [3.05, 3.63) is 0 Å². The average molecular weight is 255 g/mol. The van der Waals surface area contributed by atoms with E-state index in [9.17, 15) is 0 Å². The largest absolute Gasteiger partial charge is 0.315 e. The Morgan fingerprint density at radius 2 is 2.18 bits per heavy atom. The van der Waals surface area contributed by atoms with Gasteiger partial charge in [-0.25, -0.2) is 4.68 Å². The fourth-order valence-corrected chi connectivity index (χ4v) is 3.32. The highest BCUT2D eigenvalue weighted by Gasteiger charge is 2.18. The van der Waals surface area contributed by atoms with Crippen LogP contribution in [-0.4, -0.2) is 38.5 Å². The molecule has 0 unspecified atom stereocenters. The minimum Gasteiger partial charge on any atom is -0.315 e. The fraction of sp³-hybridized carbons (Fsp3) is 0.909. The SMILES string of the molecule is CCNCCn1nnnc1SC1CCCCC1. The second kappa shape index (κ2) is 6.96. The van der Waals surface area contributed by atoms with Gasteiger partial charge in [0.1, 0.15) is 0 Å². The van der Waals surface area contributed by atoms with E-state index in [-0.39, 0.29) is 0 Å². The summed E-state index contributed by atoms with van der Waals surface area (Å²) in [7, 11) is 0. The normalized spacial score (nSPS) is 17.5. The van der Waals surface area contributed by atoms with Gasteiger partial charge >= 0.3 is 0 Å². The monoisotopic (exact) mass is 255 g/mol. The molecule has 0 saturated heterocycles. The lowest BCUT2D eigenvalue weighted by Gasteiger charge is -2.20. The van der Waals surface area contributed by atoms with Crippen molar-refractivity contribution in [3.8, 4) is 0 Å². The molecule has 1 aliphatic carbocycles. The second-order valence-corrected chi connectivity index (χ2v) is 5.68. The van der Waals surface area contributed by atoms with Crippen LogP contribution in [0, 0.1) is 0 Å². The van der Waals surface area contributed by atoms with Gasteiger partial charge in [-0.3, -0.25) is 0 Å². The van der Waals surface area contributed by atoms with Crippen LogP contribution in [0.5, 0.6) is 0 Å². The minimum atomic E-state index is 0.715. The Bertz CT molecular complexity index is 321. The van der Waals surface area contributed by atoms with Gasteiger partial charge < -0.3 is 5.32 Å². The number of tetrazole rings is 1. The Hall–Kier alpha value is -0.620. The summed E-state index contributed by atoms with van der Waals surface area (Å²) >= 11 is 1.85. The Balaban J connectivity index is 1.84. The van der Waals surface area contributed by atoms with Crippen molar-refractivity contribution < 1.29 is 0 Å². The van der Waals surface area contributed by atoms with Gasteiger partial charge in [0.15, 0.2) is 0 Å². The highest BCUT2D eigenvalue weighted by Crippen LogP contribution is 2.31. The number of hydrogen-bond donors (Lipinski definition) is 1. The molecule has 1 aromatic heterocycles. The maximum absolute atomic E-state index is 4.13. The van der Waals surface area contributed by atoms with Gasteiger partial charge in [0, 0.05) is 11.8 Å². The predicted octanol–water partition coefficient (Wildman–Crippen LogP) is 1.71. The molecule has 0 radical (unpaired) electrons. The van der Waals surface area contributed by atoms with Gasteiger partial charge in [0.2, 0.25) is 5.16 Å². The van der Waals surface area contributed by atoms with E-state index >= 15 is 0 Å². The minimum absolute atomic E-state index is 0.715. The summed E-state index contributed by atoms with van der Waals surface area (Å²) in [5.74, 6) is 0. The molecular formula is C11H21N5S. The third kappa shape index (κ3) is 3.96. The van der Waals surface area contributed by atoms with Crippen molar-refractivity contribution in [2.75, 3.05) is 13.1 Å². The molecule has 1 aliphatic rings. The van der Waals surface area contributed by atoms with Crippen LogP contribution >= 0.6 is 11.8 Å². The summed E-state index contributed by atoms with van der Waals surface area (Å²) in [5, 5.41) is 16.9. The smallest absolute Gasteiger partial charge is 0.209 e. The second-order valence-electron chi connectivity index (χ2n) is 4.42. The van der Waals surface area contributed by atoms with Crippen molar-refractivity contribution in [1.29, 1.82) is 0 Å². The third-order valence-electron chi connectivity index (χ3n) is 3.07. The zero-order valence-electron chi connectivity index (χ0n) is 10.4. The van der Waals surface area contributed by atoms with Crippen molar-refractivity contribution >= 4 is 11.8 Å². The molecule has 1 fully saturated rings. The molecule has 17 heavy (non-hydrogen) atoms. The summed E-state index contributed by atoms with van der Waals surface area (Å²) in [6, 6.07) is 0. The third-order valence-corrected chi connectivity index (χ3v) is 4.38. The number of aromatic nitrogens is 4. The first-order chi connectivity index (χ1) is 8.40. The zero-order chi connectivity index (χ0) is 11.9. The number of hydrogen-bond acceptors (Lipinski definition) is 5. The van der Waals surface area contributed by atoms with Crippen LogP contribution in [0.25, 0.3) is 0 Å². The van der Waals surface area contributed by atoms with Crippen molar-refractivity contribution in [3.63, 3.8) is 0 Å². The quantitative estimate of drug-likeness (QED) is 0.784. The number of nitrogens with zero attached hydrogens (tertiary/aromatic N) is 4. The van der Waals surface area contributed by atoms with E-state index in [1.54, 1.807) is 0 Å². The summed E-state index contributed by atoms with van der Waals surface area (Å²) in [5.41, 5.74) is 0. The summed E-state index contributed by atoms with van der Waals surface area (Å²) in [4.78, 5) is 0. The van der Waals surface area contributed by atoms with Gasteiger partial charge in [-0.2, -0.15) is 0 Å². The Morgan fingerprint density at radius 3 is 2.94 bits per heavy atom. The first kappa shape index (κ1) is 12.8. The van der Waals surface area contributed by atoms with Crippen LogP contribution in [0.4, 0.5) is 0 Å². The van der Waals surface area contributed by atoms with Crippen molar-refractivity contribution in [1.82, 2.24) is 25.5 Å². The Kier molecular flexibility index (Phi) is 5.25. The van der Waals surface area contributed by atoms with Crippen molar-refractivity contribution in [2.24, 2.45) is 0 Å². The molecule has 1 heterocycles. The summed E-state index contributed by atoms with van der Waals surface area (Å²) < 4.78 is 1.92.